The highest BCUT2D eigenvalue weighted by molar-refractivity contribution is 7.89. The number of nitrogens with two attached hydrogens (primary N) is 1. The normalized spacial score (nSPS) is 20.8. The van der Waals surface area contributed by atoms with Crippen molar-refractivity contribution >= 4 is 27.4 Å². The van der Waals surface area contributed by atoms with E-state index in [4.69, 9.17) is 17.3 Å². The standard InChI is InChI=1S/C11H17ClN4O2S/c1-14-7-9-3-2-4-16(9)19(17,18)10-5-8(12)6-15-11(10)13/h5-6,9,14H,2-4,7H2,1H3,(H2,13,15). The van der Waals surface area contributed by atoms with E-state index in [1.165, 1.54) is 16.6 Å². The Morgan fingerprint density at radius 1 is 1.63 bits per heavy atom. The van der Waals surface area contributed by atoms with E-state index in [0.717, 1.165) is 12.8 Å². The molecule has 1 aliphatic rings. The van der Waals surface area contributed by atoms with Gasteiger partial charge in [0, 0.05) is 25.3 Å². The lowest BCUT2D eigenvalue weighted by Gasteiger charge is -2.24. The van der Waals surface area contributed by atoms with Crippen molar-refractivity contribution in [3.63, 3.8) is 0 Å². The van der Waals surface area contributed by atoms with Gasteiger partial charge in [0.2, 0.25) is 10.0 Å². The highest BCUT2D eigenvalue weighted by Crippen LogP contribution is 2.29. The molecule has 0 aromatic carbocycles. The predicted octanol–water partition coefficient (Wildman–Crippen LogP) is 0.690. The fraction of sp³-hybridized carbons (Fsp3) is 0.545. The van der Waals surface area contributed by atoms with Crippen molar-refractivity contribution < 1.29 is 8.42 Å². The van der Waals surface area contributed by atoms with Crippen LogP contribution >= 0.6 is 11.6 Å². The molecule has 3 N–H and O–H groups in total. The quantitative estimate of drug-likeness (QED) is 0.854. The van der Waals surface area contributed by atoms with Crippen LogP contribution in [-0.4, -0.2) is 43.9 Å². The van der Waals surface area contributed by atoms with Gasteiger partial charge in [-0.1, -0.05) is 11.6 Å². The third kappa shape index (κ3) is 2.84. The molecule has 0 spiro atoms. The van der Waals surface area contributed by atoms with Gasteiger partial charge in [0.05, 0.1) is 5.02 Å². The lowest BCUT2D eigenvalue weighted by atomic mass is 10.2. The number of pyridine rings is 1. The molecule has 0 amide bonds. The minimum absolute atomic E-state index is 0.0111. The highest BCUT2D eigenvalue weighted by atomic mass is 35.5. The Morgan fingerprint density at radius 3 is 3.05 bits per heavy atom. The van der Waals surface area contributed by atoms with Gasteiger partial charge in [-0.25, -0.2) is 13.4 Å². The van der Waals surface area contributed by atoms with Crippen molar-refractivity contribution in [1.82, 2.24) is 14.6 Å². The van der Waals surface area contributed by atoms with E-state index in [-0.39, 0.29) is 21.8 Å². The van der Waals surface area contributed by atoms with Crippen LogP contribution < -0.4 is 11.1 Å². The zero-order valence-corrected chi connectivity index (χ0v) is 12.2. The number of rotatable bonds is 4. The van der Waals surface area contributed by atoms with Gasteiger partial charge in [-0.3, -0.25) is 0 Å². The lowest BCUT2D eigenvalue weighted by molar-refractivity contribution is 0.379. The van der Waals surface area contributed by atoms with E-state index in [1.807, 2.05) is 0 Å². The van der Waals surface area contributed by atoms with Gasteiger partial charge in [0.25, 0.3) is 0 Å². The van der Waals surface area contributed by atoms with Gasteiger partial charge in [-0.2, -0.15) is 4.31 Å². The monoisotopic (exact) mass is 304 g/mol. The smallest absolute Gasteiger partial charge is 0.247 e. The SMILES string of the molecule is CNCC1CCCN1S(=O)(=O)c1cc(Cl)cnc1N. The Hall–Kier alpha value is -0.890. The molecule has 8 heteroatoms. The molecule has 0 bridgehead atoms. The Balaban J connectivity index is 2.39. The molecule has 0 radical (unpaired) electrons. The minimum Gasteiger partial charge on any atom is -0.383 e. The molecular formula is C11H17ClN4O2S. The molecule has 6 nitrogen and oxygen atoms in total. The van der Waals surface area contributed by atoms with Gasteiger partial charge >= 0.3 is 0 Å². The van der Waals surface area contributed by atoms with Crippen LogP contribution in [-0.2, 0) is 10.0 Å². The summed E-state index contributed by atoms with van der Waals surface area (Å²) in [5.74, 6) is -0.0143. The second-order valence-electron chi connectivity index (χ2n) is 4.51. The van der Waals surface area contributed by atoms with Crippen LogP contribution in [0.3, 0.4) is 0 Å². The third-order valence-electron chi connectivity index (χ3n) is 3.20. The molecule has 1 aromatic heterocycles. The average molecular weight is 305 g/mol. The van der Waals surface area contributed by atoms with Crippen LogP contribution in [0.2, 0.25) is 5.02 Å². The molecule has 0 saturated carbocycles. The Kier molecular flexibility index (Phi) is 4.29. The summed E-state index contributed by atoms with van der Waals surface area (Å²) in [6.45, 7) is 1.12. The summed E-state index contributed by atoms with van der Waals surface area (Å²) in [5, 5.41) is 3.27. The number of likely N-dealkylation sites (N-methyl/N-ethyl adjacent to an activating group) is 1. The Bertz CT molecular complexity index is 564. The van der Waals surface area contributed by atoms with Crippen molar-refractivity contribution in [2.75, 3.05) is 25.9 Å². The van der Waals surface area contributed by atoms with E-state index < -0.39 is 10.0 Å². The zero-order valence-electron chi connectivity index (χ0n) is 10.6. The molecule has 1 unspecified atom stereocenters. The zero-order chi connectivity index (χ0) is 14.0. The average Bonchev–Trinajstić information content (AvgIpc) is 2.81. The van der Waals surface area contributed by atoms with E-state index in [1.54, 1.807) is 7.05 Å². The first kappa shape index (κ1) is 14.5. The summed E-state index contributed by atoms with van der Waals surface area (Å²) in [5.41, 5.74) is 5.67. The van der Waals surface area contributed by atoms with E-state index in [2.05, 4.69) is 10.3 Å². The van der Waals surface area contributed by atoms with E-state index in [0.29, 0.717) is 13.1 Å². The molecule has 1 saturated heterocycles. The number of anilines is 1. The molecular weight excluding hydrogens is 288 g/mol. The molecule has 1 aromatic rings. The van der Waals surface area contributed by atoms with Gasteiger partial charge < -0.3 is 11.1 Å². The summed E-state index contributed by atoms with van der Waals surface area (Å²) in [4.78, 5) is 3.80. The molecule has 106 valence electrons. The summed E-state index contributed by atoms with van der Waals surface area (Å²) >= 11 is 5.81. The van der Waals surface area contributed by atoms with Gasteiger partial charge in [-0.15, -0.1) is 0 Å². The number of halogens is 1. The number of nitrogens with one attached hydrogen (secondary N) is 1. The molecule has 0 aliphatic carbocycles. The van der Waals surface area contributed by atoms with Crippen molar-refractivity contribution in [2.24, 2.45) is 0 Å². The molecule has 2 heterocycles. The number of nitrogens with zero attached hydrogens (tertiary/aromatic N) is 2. The number of sulfonamides is 1. The van der Waals surface area contributed by atoms with Crippen LogP contribution in [0.25, 0.3) is 0 Å². The number of nitrogen functional groups attached to an aromatic ring is 1. The first-order chi connectivity index (χ1) is 8.96. The van der Waals surface area contributed by atoms with Crippen molar-refractivity contribution in [3.05, 3.63) is 17.3 Å². The number of hydrogen-bond donors (Lipinski definition) is 2. The summed E-state index contributed by atoms with van der Waals surface area (Å²) < 4.78 is 26.7. The van der Waals surface area contributed by atoms with Crippen molar-refractivity contribution in [3.8, 4) is 0 Å². The van der Waals surface area contributed by atoms with Crippen molar-refractivity contribution in [1.29, 1.82) is 0 Å². The van der Waals surface area contributed by atoms with E-state index in [9.17, 15) is 8.42 Å². The van der Waals surface area contributed by atoms with Crippen LogP contribution in [0.1, 0.15) is 12.8 Å². The van der Waals surface area contributed by atoms with Gasteiger partial charge in [-0.05, 0) is 26.0 Å². The Morgan fingerprint density at radius 2 is 2.37 bits per heavy atom. The molecule has 1 fully saturated rings. The first-order valence-corrected chi connectivity index (χ1v) is 7.86. The third-order valence-corrected chi connectivity index (χ3v) is 5.39. The number of aromatic nitrogens is 1. The largest absolute Gasteiger partial charge is 0.383 e. The maximum absolute atomic E-state index is 12.6. The molecule has 2 rings (SSSR count). The number of hydrogen-bond acceptors (Lipinski definition) is 5. The van der Waals surface area contributed by atoms with Crippen LogP contribution in [0, 0.1) is 0 Å². The second kappa shape index (κ2) is 5.62. The molecule has 1 atom stereocenters. The van der Waals surface area contributed by atoms with Gasteiger partial charge in [0.15, 0.2) is 0 Å². The van der Waals surface area contributed by atoms with Crippen LogP contribution in [0.15, 0.2) is 17.2 Å². The summed E-state index contributed by atoms with van der Waals surface area (Å²) in [6, 6.07) is 1.31. The van der Waals surface area contributed by atoms with Crippen molar-refractivity contribution in [2.45, 2.75) is 23.8 Å². The van der Waals surface area contributed by atoms with Gasteiger partial charge in [0.1, 0.15) is 10.7 Å². The fourth-order valence-electron chi connectivity index (χ4n) is 2.33. The summed E-state index contributed by atoms with van der Waals surface area (Å²) in [6.07, 6.45) is 3.03. The maximum Gasteiger partial charge on any atom is 0.247 e. The minimum atomic E-state index is -3.64. The lowest BCUT2D eigenvalue weighted by Crippen LogP contribution is -2.41. The van der Waals surface area contributed by atoms with Crippen LogP contribution in [0.4, 0.5) is 5.82 Å². The fourth-order valence-corrected chi connectivity index (χ4v) is 4.34. The highest BCUT2D eigenvalue weighted by Gasteiger charge is 2.36. The Labute approximate surface area is 118 Å². The van der Waals surface area contributed by atoms with Crippen LogP contribution in [0.5, 0.6) is 0 Å². The first-order valence-electron chi connectivity index (χ1n) is 6.04. The summed E-state index contributed by atoms with van der Waals surface area (Å²) in [7, 11) is -1.84. The predicted molar refractivity (Wildman–Crippen MR) is 74.5 cm³/mol. The maximum atomic E-state index is 12.6. The second-order valence-corrected chi connectivity index (χ2v) is 6.80. The molecule has 1 aliphatic heterocycles. The topological polar surface area (TPSA) is 88.3 Å². The molecule has 19 heavy (non-hydrogen) atoms. The van der Waals surface area contributed by atoms with E-state index >= 15 is 0 Å².